The Kier molecular flexibility index (Phi) is 5.88. The molecule has 2 N–H and O–H groups in total. The van der Waals surface area contributed by atoms with Crippen molar-refractivity contribution >= 4 is 21.6 Å². The molecule has 0 radical (unpaired) electrons. The molecule has 1 atom stereocenters. The summed E-state index contributed by atoms with van der Waals surface area (Å²) in [7, 11) is -3.88. The first-order valence-corrected chi connectivity index (χ1v) is 8.79. The molecule has 0 unspecified atom stereocenters. The fourth-order valence-corrected chi connectivity index (χ4v) is 3.17. The van der Waals surface area contributed by atoms with Crippen LogP contribution in [0, 0.1) is 0 Å². The Hall–Kier alpha value is -2.59. The van der Waals surface area contributed by atoms with Gasteiger partial charge >= 0.3 is 6.36 Å². The average Bonchev–Trinajstić information content (AvgIpc) is 2.55. The molecule has 26 heavy (non-hydrogen) atoms. The van der Waals surface area contributed by atoms with Gasteiger partial charge in [-0.3, -0.25) is 4.79 Å². The maximum atomic E-state index is 12.2. The third-order valence-electron chi connectivity index (χ3n) is 3.13. The van der Waals surface area contributed by atoms with Crippen molar-refractivity contribution in [3.63, 3.8) is 0 Å². The van der Waals surface area contributed by atoms with E-state index in [0.29, 0.717) is 0 Å². The van der Waals surface area contributed by atoms with Gasteiger partial charge in [0.1, 0.15) is 5.75 Å². The summed E-state index contributed by atoms with van der Waals surface area (Å²) in [5.74, 6) is -1.11. The minimum atomic E-state index is -4.81. The summed E-state index contributed by atoms with van der Waals surface area (Å²) in [5, 5.41) is 2.40. The van der Waals surface area contributed by atoms with Crippen molar-refractivity contribution in [3.05, 3.63) is 54.6 Å². The predicted octanol–water partition coefficient (Wildman–Crippen LogP) is 2.89. The molecule has 0 bridgehead atoms. The maximum Gasteiger partial charge on any atom is 0.573 e. The highest BCUT2D eigenvalue weighted by Gasteiger charge is 2.31. The fraction of sp³-hybridized carbons (Fsp3) is 0.188. The first-order chi connectivity index (χ1) is 12.1. The van der Waals surface area contributed by atoms with Crippen LogP contribution in [0.4, 0.5) is 18.9 Å². The molecular formula is C16H15F3N2O4S. The van der Waals surface area contributed by atoms with E-state index in [4.69, 9.17) is 0 Å². The standard InChI is InChI=1S/C16H15F3N2O4S/c1-11(21-26(23,24)14-5-3-2-4-6-14)15(22)20-12-7-9-13(10-8-12)25-16(17,18)19/h2-11,21H,1H3,(H,20,22)/t11-/m1/s1. The second-order valence-corrected chi connectivity index (χ2v) is 6.93. The Bertz CT molecular complexity index is 853. The number of hydrogen-bond donors (Lipinski definition) is 2. The summed E-state index contributed by atoms with van der Waals surface area (Å²) in [6.45, 7) is 1.34. The molecule has 0 heterocycles. The third-order valence-corrected chi connectivity index (χ3v) is 4.69. The molecule has 0 aromatic heterocycles. The number of sulfonamides is 1. The second kappa shape index (κ2) is 7.75. The van der Waals surface area contributed by atoms with E-state index < -0.39 is 34.1 Å². The van der Waals surface area contributed by atoms with Crippen LogP contribution in [0.2, 0.25) is 0 Å². The number of nitrogens with one attached hydrogen (secondary N) is 2. The molecule has 6 nitrogen and oxygen atoms in total. The number of carbonyl (C=O) groups is 1. The molecular weight excluding hydrogens is 373 g/mol. The van der Waals surface area contributed by atoms with Gasteiger partial charge in [0.25, 0.3) is 0 Å². The van der Waals surface area contributed by atoms with Crippen LogP contribution in [0.5, 0.6) is 5.75 Å². The van der Waals surface area contributed by atoms with Crippen molar-refractivity contribution < 1.29 is 31.1 Å². The number of alkyl halides is 3. The molecule has 10 heteroatoms. The summed E-state index contributed by atoms with van der Waals surface area (Å²) >= 11 is 0. The van der Waals surface area contributed by atoms with Crippen LogP contribution in [0.1, 0.15) is 6.92 Å². The van der Waals surface area contributed by atoms with Gasteiger partial charge in [-0.25, -0.2) is 8.42 Å². The van der Waals surface area contributed by atoms with Gasteiger partial charge in [0.2, 0.25) is 15.9 Å². The Morgan fingerprint density at radius 3 is 2.15 bits per heavy atom. The SMILES string of the molecule is C[C@@H](NS(=O)(=O)c1ccccc1)C(=O)Nc1ccc(OC(F)(F)F)cc1. The number of anilines is 1. The highest BCUT2D eigenvalue weighted by atomic mass is 32.2. The van der Waals surface area contributed by atoms with Gasteiger partial charge in [-0.1, -0.05) is 18.2 Å². The maximum absolute atomic E-state index is 12.2. The van der Waals surface area contributed by atoms with Gasteiger partial charge in [-0.2, -0.15) is 4.72 Å². The number of hydrogen-bond acceptors (Lipinski definition) is 4. The lowest BCUT2D eigenvalue weighted by Crippen LogP contribution is -2.41. The van der Waals surface area contributed by atoms with Crippen molar-refractivity contribution in [1.82, 2.24) is 4.72 Å². The van der Waals surface area contributed by atoms with Gasteiger partial charge in [0, 0.05) is 5.69 Å². The predicted molar refractivity (Wildman–Crippen MR) is 88.0 cm³/mol. The number of ether oxygens (including phenoxy) is 1. The highest BCUT2D eigenvalue weighted by Crippen LogP contribution is 2.24. The van der Waals surface area contributed by atoms with Crippen LogP contribution in [-0.4, -0.2) is 26.7 Å². The second-order valence-electron chi connectivity index (χ2n) is 5.22. The van der Waals surface area contributed by atoms with Gasteiger partial charge in [-0.15, -0.1) is 13.2 Å². The number of carbonyl (C=O) groups excluding carboxylic acids is 1. The molecule has 0 aliphatic rings. The molecule has 0 aliphatic carbocycles. The van der Waals surface area contributed by atoms with E-state index in [0.717, 1.165) is 12.1 Å². The first kappa shape index (κ1) is 19.7. The van der Waals surface area contributed by atoms with E-state index >= 15 is 0 Å². The van der Waals surface area contributed by atoms with Crippen LogP contribution in [0.25, 0.3) is 0 Å². The van der Waals surface area contributed by atoms with Crippen LogP contribution < -0.4 is 14.8 Å². The monoisotopic (exact) mass is 388 g/mol. The average molecular weight is 388 g/mol. The Morgan fingerprint density at radius 2 is 1.62 bits per heavy atom. The van der Waals surface area contributed by atoms with Gasteiger partial charge in [0.05, 0.1) is 10.9 Å². The number of halogens is 3. The van der Waals surface area contributed by atoms with Crippen molar-refractivity contribution in [2.75, 3.05) is 5.32 Å². The summed E-state index contributed by atoms with van der Waals surface area (Å²) in [6, 6.07) is 10.9. The Balaban J connectivity index is 1.99. The van der Waals surface area contributed by atoms with Crippen LogP contribution in [0.15, 0.2) is 59.5 Å². The molecule has 0 fully saturated rings. The zero-order valence-electron chi connectivity index (χ0n) is 13.4. The molecule has 2 rings (SSSR count). The fourth-order valence-electron chi connectivity index (χ4n) is 1.94. The van der Waals surface area contributed by atoms with Gasteiger partial charge in [-0.05, 0) is 43.3 Å². The van der Waals surface area contributed by atoms with Gasteiger partial charge < -0.3 is 10.1 Å². The third kappa shape index (κ3) is 5.74. The van der Waals surface area contributed by atoms with Crippen LogP contribution in [0.3, 0.4) is 0 Å². The molecule has 2 aromatic carbocycles. The Morgan fingerprint density at radius 1 is 1.04 bits per heavy atom. The highest BCUT2D eigenvalue weighted by molar-refractivity contribution is 7.89. The van der Waals surface area contributed by atoms with Crippen molar-refractivity contribution in [3.8, 4) is 5.75 Å². The number of rotatable bonds is 6. The lowest BCUT2D eigenvalue weighted by atomic mass is 10.2. The lowest BCUT2D eigenvalue weighted by molar-refractivity contribution is -0.274. The summed E-state index contributed by atoms with van der Waals surface area (Å²) in [5.41, 5.74) is 0.190. The molecule has 0 aliphatic heterocycles. The Labute approximate surface area is 148 Å². The van der Waals surface area contributed by atoms with Crippen LogP contribution in [-0.2, 0) is 14.8 Å². The van der Waals surface area contributed by atoms with E-state index in [2.05, 4.69) is 14.8 Å². The largest absolute Gasteiger partial charge is 0.573 e. The van der Waals surface area contributed by atoms with E-state index in [1.165, 1.54) is 31.2 Å². The van der Waals surface area contributed by atoms with E-state index in [1.54, 1.807) is 18.2 Å². The minimum absolute atomic E-state index is 0.00769. The smallest absolute Gasteiger partial charge is 0.406 e. The summed E-state index contributed by atoms with van der Waals surface area (Å²) < 4.78 is 66.6. The molecule has 0 saturated heterocycles. The molecule has 0 spiro atoms. The summed E-state index contributed by atoms with van der Waals surface area (Å²) in [6.07, 6.45) is -4.81. The number of amides is 1. The van der Waals surface area contributed by atoms with Crippen molar-refractivity contribution in [2.45, 2.75) is 24.2 Å². The van der Waals surface area contributed by atoms with E-state index in [9.17, 15) is 26.4 Å². The van der Waals surface area contributed by atoms with Crippen molar-refractivity contribution in [2.24, 2.45) is 0 Å². The molecule has 0 saturated carbocycles. The molecule has 1 amide bonds. The van der Waals surface area contributed by atoms with Crippen LogP contribution >= 0.6 is 0 Å². The zero-order valence-corrected chi connectivity index (χ0v) is 14.3. The minimum Gasteiger partial charge on any atom is -0.406 e. The van der Waals surface area contributed by atoms with Crippen molar-refractivity contribution in [1.29, 1.82) is 0 Å². The van der Waals surface area contributed by atoms with Gasteiger partial charge in [0.15, 0.2) is 0 Å². The quantitative estimate of drug-likeness (QED) is 0.797. The van der Waals surface area contributed by atoms with E-state index in [-0.39, 0.29) is 10.6 Å². The molecule has 140 valence electrons. The molecule has 2 aromatic rings. The summed E-state index contributed by atoms with van der Waals surface area (Å²) in [4.78, 5) is 12.1. The zero-order chi connectivity index (χ0) is 19.4. The number of benzene rings is 2. The first-order valence-electron chi connectivity index (χ1n) is 7.31. The van der Waals surface area contributed by atoms with E-state index in [1.807, 2.05) is 0 Å². The normalized spacial score (nSPS) is 13.1. The topological polar surface area (TPSA) is 84.5 Å². The lowest BCUT2D eigenvalue weighted by Gasteiger charge is -2.15.